The van der Waals surface area contributed by atoms with Crippen molar-refractivity contribution in [2.24, 2.45) is 4.99 Å². The van der Waals surface area contributed by atoms with Crippen LogP contribution in [0.4, 0.5) is 17.6 Å². The fraction of sp³-hybridized carbons (Fsp3) is 0.588. The lowest BCUT2D eigenvalue weighted by Gasteiger charge is -2.36. The van der Waals surface area contributed by atoms with E-state index in [1.54, 1.807) is 13.1 Å². The number of hydrogen-bond donors (Lipinski definition) is 1. The minimum Gasteiger partial charge on any atom is -0.494 e. The van der Waals surface area contributed by atoms with Gasteiger partial charge in [-0.1, -0.05) is 6.07 Å². The summed E-state index contributed by atoms with van der Waals surface area (Å²) in [6, 6.07) is 4.89. The Labute approximate surface area is 150 Å². The molecule has 1 saturated heterocycles. The third kappa shape index (κ3) is 6.05. The summed E-state index contributed by atoms with van der Waals surface area (Å²) in [5, 5.41) is 2.75. The Morgan fingerprint density at radius 3 is 2.46 bits per heavy atom. The maximum absolute atomic E-state index is 13.8. The van der Waals surface area contributed by atoms with E-state index >= 15 is 0 Å². The standard InChI is InChI=1S/C17H24F4N4O/c1-22-16(23-6-5-17(19,20)21)25-9-7-24(8-10-25)12-13-3-4-15(26-2)14(18)11-13/h3-4,11H,5-10,12H2,1-2H3,(H,22,23). The third-order valence-corrected chi connectivity index (χ3v) is 4.20. The molecule has 0 spiro atoms. The van der Waals surface area contributed by atoms with E-state index in [-0.39, 0.29) is 12.3 Å². The maximum atomic E-state index is 13.8. The fourth-order valence-corrected chi connectivity index (χ4v) is 2.83. The van der Waals surface area contributed by atoms with Crippen LogP contribution in [0.15, 0.2) is 23.2 Å². The number of rotatable bonds is 5. The summed E-state index contributed by atoms with van der Waals surface area (Å²) in [5.41, 5.74) is 0.851. The van der Waals surface area contributed by atoms with Crippen molar-refractivity contribution in [2.75, 3.05) is 46.9 Å². The second-order valence-corrected chi connectivity index (χ2v) is 6.07. The van der Waals surface area contributed by atoms with Crippen LogP contribution in [0.3, 0.4) is 0 Å². The predicted octanol–water partition coefficient (Wildman–Crippen LogP) is 2.48. The van der Waals surface area contributed by atoms with Crippen molar-refractivity contribution >= 4 is 5.96 Å². The highest BCUT2D eigenvalue weighted by Gasteiger charge is 2.27. The van der Waals surface area contributed by atoms with Crippen LogP contribution in [-0.4, -0.2) is 68.8 Å². The van der Waals surface area contributed by atoms with E-state index in [0.29, 0.717) is 38.7 Å². The topological polar surface area (TPSA) is 40.1 Å². The van der Waals surface area contributed by atoms with Crippen molar-refractivity contribution < 1.29 is 22.3 Å². The number of hydrogen-bond acceptors (Lipinski definition) is 3. The highest BCUT2D eigenvalue weighted by atomic mass is 19.4. The third-order valence-electron chi connectivity index (χ3n) is 4.20. The van der Waals surface area contributed by atoms with Crippen LogP contribution in [0, 0.1) is 5.82 Å². The second-order valence-electron chi connectivity index (χ2n) is 6.07. The van der Waals surface area contributed by atoms with Crippen LogP contribution < -0.4 is 10.1 Å². The number of guanidine groups is 1. The van der Waals surface area contributed by atoms with Crippen molar-refractivity contribution in [2.45, 2.75) is 19.1 Å². The SMILES string of the molecule is CN=C(NCCC(F)(F)F)N1CCN(Cc2ccc(OC)c(F)c2)CC1. The van der Waals surface area contributed by atoms with E-state index in [1.807, 2.05) is 11.0 Å². The minimum atomic E-state index is -4.18. The molecule has 1 fully saturated rings. The van der Waals surface area contributed by atoms with Crippen LogP contribution in [0.25, 0.3) is 0 Å². The Morgan fingerprint density at radius 2 is 1.92 bits per heavy atom. The smallest absolute Gasteiger partial charge is 0.390 e. The number of halogens is 4. The van der Waals surface area contributed by atoms with Crippen molar-refractivity contribution in [3.8, 4) is 5.75 Å². The molecule has 26 heavy (non-hydrogen) atoms. The predicted molar refractivity (Wildman–Crippen MR) is 91.8 cm³/mol. The lowest BCUT2D eigenvalue weighted by Crippen LogP contribution is -2.52. The van der Waals surface area contributed by atoms with Crippen molar-refractivity contribution in [3.63, 3.8) is 0 Å². The van der Waals surface area contributed by atoms with Gasteiger partial charge in [-0.25, -0.2) is 4.39 Å². The quantitative estimate of drug-likeness (QED) is 0.487. The first kappa shape index (κ1) is 20.3. The number of benzene rings is 1. The average molecular weight is 376 g/mol. The van der Waals surface area contributed by atoms with Gasteiger partial charge in [-0.15, -0.1) is 0 Å². The Bertz CT molecular complexity index is 613. The van der Waals surface area contributed by atoms with Gasteiger partial charge in [0.05, 0.1) is 13.5 Å². The molecule has 1 aliphatic heterocycles. The zero-order valence-corrected chi connectivity index (χ0v) is 14.9. The normalized spacial score (nSPS) is 16.7. The Balaban J connectivity index is 1.81. The van der Waals surface area contributed by atoms with Crippen molar-refractivity contribution in [1.29, 1.82) is 0 Å². The molecule has 0 atom stereocenters. The fourth-order valence-electron chi connectivity index (χ4n) is 2.83. The van der Waals surface area contributed by atoms with Crippen LogP contribution in [-0.2, 0) is 6.54 Å². The molecule has 9 heteroatoms. The monoisotopic (exact) mass is 376 g/mol. The summed E-state index contributed by atoms with van der Waals surface area (Å²) in [5.74, 6) is 0.301. The number of aliphatic imine (C=N–C) groups is 1. The van der Waals surface area contributed by atoms with E-state index in [2.05, 4.69) is 15.2 Å². The summed E-state index contributed by atoms with van der Waals surface area (Å²) < 4.78 is 55.4. The Morgan fingerprint density at radius 1 is 1.23 bits per heavy atom. The molecule has 2 rings (SSSR count). The van der Waals surface area contributed by atoms with Gasteiger partial charge >= 0.3 is 6.18 Å². The summed E-state index contributed by atoms with van der Waals surface area (Å²) >= 11 is 0. The van der Waals surface area contributed by atoms with Gasteiger partial charge in [-0.2, -0.15) is 13.2 Å². The first-order valence-electron chi connectivity index (χ1n) is 8.39. The molecule has 0 saturated carbocycles. The molecule has 1 aromatic carbocycles. The van der Waals surface area contributed by atoms with E-state index < -0.39 is 18.4 Å². The van der Waals surface area contributed by atoms with Crippen molar-refractivity contribution in [1.82, 2.24) is 15.1 Å². The van der Waals surface area contributed by atoms with Gasteiger partial charge in [0.25, 0.3) is 0 Å². The molecule has 0 radical (unpaired) electrons. The number of alkyl halides is 3. The van der Waals surface area contributed by atoms with E-state index in [4.69, 9.17) is 4.74 Å². The van der Waals surface area contributed by atoms with Gasteiger partial charge < -0.3 is 15.0 Å². The molecule has 1 heterocycles. The summed E-state index contributed by atoms with van der Waals surface area (Å²) in [4.78, 5) is 8.15. The average Bonchev–Trinajstić information content (AvgIpc) is 2.59. The van der Waals surface area contributed by atoms with Crippen LogP contribution >= 0.6 is 0 Å². The number of nitrogens with one attached hydrogen (secondary N) is 1. The van der Waals surface area contributed by atoms with Gasteiger partial charge in [0.1, 0.15) is 0 Å². The first-order chi connectivity index (χ1) is 12.3. The molecule has 1 aromatic rings. The van der Waals surface area contributed by atoms with Gasteiger partial charge in [0.15, 0.2) is 17.5 Å². The van der Waals surface area contributed by atoms with Crippen LogP contribution in [0.2, 0.25) is 0 Å². The maximum Gasteiger partial charge on any atom is 0.390 e. The molecule has 0 aromatic heterocycles. The summed E-state index contributed by atoms with van der Waals surface area (Å²) in [7, 11) is 2.98. The Hall–Kier alpha value is -2.03. The van der Waals surface area contributed by atoms with Crippen LogP contribution in [0.5, 0.6) is 5.75 Å². The van der Waals surface area contributed by atoms with E-state index in [9.17, 15) is 17.6 Å². The zero-order valence-electron chi connectivity index (χ0n) is 14.9. The minimum absolute atomic E-state index is 0.193. The zero-order chi connectivity index (χ0) is 19.2. The molecular weight excluding hydrogens is 352 g/mol. The Kier molecular flexibility index (Phi) is 7.07. The molecule has 146 valence electrons. The number of nitrogens with zero attached hydrogens (tertiary/aromatic N) is 3. The lowest BCUT2D eigenvalue weighted by atomic mass is 10.2. The van der Waals surface area contributed by atoms with E-state index in [1.165, 1.54) is 13.2 Å². The van der Waals surface area contributed by atoms with Crippen molar-refractivity contribution in [3.05, 3.63) is 29.6 Å². The van der Waals surface area contributed by atoms with Gasteiger partial charge in [-0.3, -0.25) is 9.89 Å². The second kappa shape index (κ2) is 9.07. The molecular formula is C17H24F4N4O. The largest absolute Gasteiger partial charge is 0.494 e. The molecule has 0 amide bonds. The lowest BCUT2D eigenvalue weighted by molar-refractivity contribution is -0.132. The highest BCUT2D eigenvalue weighted by molar-refractivity contribution is 5.79. The number of ether oxygens (including phenoxy) is 1. The molecule has 0 bridgehead atoms. The molecule has 1 aliphatic rings. The summed E-state index contributed by atoms with van der Waals surface area (Å²) in [6.45, 7) is 3.13. The molecule has 0 unspecified atom stereocenters. The van der Waals surface area contributed by atoms with Gasteiger partial charge in [0.2, 0.25) is 0 Å². The molecule has 1 N–H and O–H groups in total. The summed E-state index contributed by atoms with van der Waals surface area (Å²) in [6.07, 6.45) is -5.08. The van der Waals surface area contributed by atoms with Crippen LogP contribution in [0.1, 0.15) is 12.0 Å². The van der Waals surface area contributed by atoms with Gasteiger partial charge in [0, 0.05) is 46.3 Å². The molecule has 0 aliphatic carbocycles. The highest BCUT2D eigenvalue weighted by Crippen LogP contribution is 2.20. The number of piperazine rings is 1. The number of methoxy groups -OCH3 is 1. The van der Waals surface area contributed by atoms with Gasteiger partial charge in [-0.05, 0) is 17.7 Å². The first-order valence-corrected chi connectivity index (χ1v) is 8.39. The van der Waals surface area contributed by atoms with E-state index in [0.717, 1.165) is 5.56 Å². The molecule has 5 nitrogen and oxygen atoms in total.